The molecule has 1 heterocycles. The van der Waals surface area contributed by atoms with Crippen molar-refractivity contribution in [2.75, 3.05) is 46.3 Å². The van der Waals surface area contributed by atoms with E-state index in [-0.39, 0.29) is 0 Å². The van der Waals surface area contributed by atoms with Gasteiger partial charge in [0.05, 0.1) is 6.54 Å². The number of hydrogen-bond acceptors (Lipinski definition) is 3. The summed E-state index contributed by atoms with van der Waals surface area (Å²) in [5, 5.41) is 3.16. The first kappa shape index (κ1) is 15.7. The average Bonchev–Trinajstić information content (AvgIpc) is 2.25. The molecule has 0 aromatic carbocycles. The predicted octanol–water partition coefficient (Wildman–Crippen LogP) is 1.41. The van der Waals surface area contributed by atoms with Crippen LogP contribution in [0.25, 0.3) is 0 Å². The van der Waals surface area contributed by atoms with Gasteiger partial charge in [0.2, 0.25) is 0 Å². The molecule has 6 heteroatoms. The van der Waals surface area contributed by atoms with Crippen LogP contribution in [0.4, 0.5) is 13.2 Å². The van der Waals surface area contributed by atoms with Gasteiger partial charge in [0.25, 0.3) is 0 Å². The van der Waals surface area contributed by atoms with Gasteiger partial charge in [-0.1, -0.05) is 13.8 Å². The molecule has 3 nitrogen and oxygen atoms in total. The lowest BCUT2D eigenvalue weighted by Gasteiger charge is -2.41. The van der Waals surface area contributed by atoms with Crippen LogP contribution in [0.15, 0.2) is 0 Å². The first-order valence-corrected chi connectivity index (χ1v) is 6.51. The van der Waals surface area contributed by atoms with Crippen molar-refractivity contribution in [2.24, 2.45) is 5.92 Å². The van der Waals surface area contributed by atoms with Gasteiger partial charge in [-0.25, -0.2) is 0 Å². The van der Waals surface area contributed by atoms with Crippen molar-refractivity contribution in [3.05, 3.63) is 0 Å². The molecule has 1 unspecified atom stereocenters. The van der Waals surface area contributed by atoms with Gasteiger partial charge in [-0.2, -0.15) is 13.2 Å². The van der Waals surface area contributed by atoms with E-state index in [1.807, 2.05) is 7.05 Å². The SMILES string of the molecule is CNCC(C(C)C)N1CCN(CC(F)(F)F)CC1. The van der Waals surface area contributed by atoms with Gasteiger partial charge in [-0.15, -0.1) is 0 Å². The molecule has 1 aliphatic rings. The summed E-state index contributed by atoms with van der Waals surface area (Å²) in [5.74, 6) is 0.506. The van der Waals surface area contributed by atoms with Crippen molar-refractivity contribution in [1.82, 2.24) is 15.1 Å². The van der Waals surface area contributed by atoms with Crippen LogP contribution in [-0.4, -0.2) is 68.3 Å². The molecule has 0 aromatic heterocycles. The minimum atomic E-state index is -4.08. The van der Waals surface area contributed by atoms with Crippen LogP contribution < -0.4 is 5.32 Å². The number of rotatable bonds is 5. The molecule has 1 N–H and O–H groups in total. The number of nitrogens with zero attached hydrogens (tertiary/aromatic N) is 2. The Labute approximate surface area is 107 Å². The van der Waals surface area contributed by atoms with Gasteiger partial charge >= 0.3 is 6.18 Å². The lowest BCUT2D eigenvalue weighted by atomic mass is 10.0. The third kappa shape index (κ3) is 5.12. The highest BCUT2D eigenvalue weighted by atomic mass is 19.4. The molecule has 1 atom stereocenters. The first-order chi connectivity index (χ1) is 8.33. The third-order valence-corrected chi connectivity index (χ3v) is 3.46. The summed E-state index contributed by atoms with van der Waals surface area (Å²) in [6.45, 7) is 6.88. The maximum absolute atomic E-state index is 12.3. The van der Waals surface area contributed by atoms with E-state index in [1.165, 1.54) is 4.90 Å². The standard InChI is InChI=1S/C12H24F3N3/c1-10(2)11(8-16-3)18-6-4-17(5-7-18)9-12(13,14)15/h10-11,16H,4-9H2,1-3H3. The van der Waals surface area contributed by atoms with Crippen LogP contribution in [-0.2, 0) is 0 Å². The number of nitrogens with one attached hydrogen (secondary N) is 1. The number of hydrogen-bond donors (Lipinski definition) is 1. The smallest absolute Gasteiger partial charge is 0.318 e. The van der Waals surface area contributed by atoms with Crippen molar-refractivity contribution in [3.8, 4) is 0 Å². The molecular formula is C12H24F3N3. The molecule has 18 heavy (non-hydrogen) atoms. The van der Waals surface area contributed by atoms with Crippen LogP contribution in [0.3, 0.4) is 0 Å². The topological polar surface area (TPSA) is 18.5 Å². The van der Waals surface area contributed by atoms with Gasteiger partial charge in [0.1, 0.15) is 0 Å². The Kier molecular flexibility index (Phi) is 5.88. The number of piperazine rings is 1. The summed E-state index contributed by atoms with van der Waals surface area (Å²) >= 11 is 0. The molecule has 1 saturated heterocycles. The van der Waals surface area contributed by atoms with Gasteiger partial charge in [0, 0.05) is 38.8 Å². The van der Waals surface area contributed by atoms with E-state index in [1.54, 1.807) is 0 Å². The minimum Gasteiger partial charge on any atom is -0.318 e. The molecule has 1 aliphatic heterocycles. The highest BCUT2D eigenvalue weighted by molar-refractivity contribution is 4.82. The summed E-state index contributed by atoms with van der Waals surface area (Å²) < 4.78 is 36.8. The van der Waals surface area contributed by atoms with E-state index >= 15 is 0 Å². The second-order valence-corrected chi connectivity index (χ2v) is 5.30. The second-order valence-electron chi connectivity index (χ2n) is 5.30. The Bertz CT molecular complexity index is 235. The number of halogens is 3. The highest BCUT2D eigenvalue weighted by Gasteiger charge is 2.33. The maximum atomic E-state index is 12.3. The molecule has 0 spiro atoms. The molecule has 0 saturated carbocycles. The Morgan fingerprint density at radius 3 is 2.06 bits per heavy atom. The Morgan fingerprint density at radius 1 is 1.11 bits per heavy atom. The number of likely N-dealkylation sites (N-methyl/N-ethyl adjacent to an activating group) is 1. The molecule has 0 aromatic rings. The molecule has 0 radical (unpaired) electrons. The second kappa shape index (κ2) is 6.73. The fraction of sp³-hybridized carbons (Fsp3) is 1.00. The zero-order valence-corrected chi connectivity index (χ0v) is 11.4. The van der Waals surface area contributed by atoms with Crippen LogP contribution in [0.2, 0.25) is 0 Å². The van der Waals surface area contributed by atoms with Crippen molar-refractivity contribution in [2.45, 2.75) is 26.1 Å². The fourth-order valence-electron chi connectivity index (χ4n) is 2.50. The van der Waals surface area contributed by atoms with E-state index in [2.05, 4.69) is 24.1 Å². The van der Waals surface area contributed by atoms with Crippen molar-refractivity contribution in [1.29, 1.82) is 0 Å². The third-order valence-electron chi connectivity index (χ3n) is 3.46. The molecule has 0 amide bonds. The van der Waals surface area contributed by atoms with Gasteiger partial charge < -0.3 is 5.32 Å². The van der Waals surface area contributed by atoms with Crippen LogP contribution >= 0.6 is 0 Å². The molecule has 0 aliphatic carbocycles. The largest absolute Gasteiger partial charge is 0.401 e. The van der Waals surface area contributed by atoms with Gasteiger partial charge in [-0.05, 0) is 13.0 Å². The maximum Gasteiger partial charge on any atom is 0.401 e. The Hall–Kier alpha value is -0.330. The average molecular weight is 267 g/mol. The summed E-state index contributed by atoms with van der Waals surface area (Å²) in [6, 6.07) is 0.406. The zero-order chi connectivity index (χ0) is 13.8. The highest BCUT2D eigenvalue weighted by Crippen LogP contribution is 2.19. The summed E-state index contributed by atoms with van der Waals surface area (Å²) in [7, 11) is 1.91. The lowest BCUT2D eigenvalue weighted by Crippen LogP contribution is -2.55. The monoisotopic (exact) mass is 267 g/mol. The molecule has 0 bridgehead atoms. The Balaban J connectivity index is 2.42. The number of alkyl halides is 3. The van der Waals surface area contributed by atoms with Crippen molar-refractivity contribution in [3.63, 3.8) is 0 Å². The normalized spacial score (nSPS) is 21.5. The van der Waals surface area contributed by atoms with E-state index in [4.69, 9.17) is 0 Å². The summed E-state index contributed by atoms with van der Waals surface area (Å²) in [6.07, 6.45) is -4.08. The van der Waals surface area contributed by atoms with E-state index < -0.39 is 12.7 Å². The van der Waals surface area contributed by atoms with Gasteiger partial charge in [-0.3, -0.25) is 9.80 Å². The molecular weight excluding hydrogens is 243 g/mol. The summed E-state index contributed by atoms with van der Waals surface area (Å²) in [4.78, 5) is 3.79. The lowest BCUT2D eigenvalue weighted by molar-refractivity contribution is -0.150. The minimum absolute atomic E-state index is 0.406. The Morgan fingerprint density at radius 2 is 1.67 bits per heavy atom. The van der Waals surface area contributed by atoms with Crippen molar-refractivity contribution < 1.29 is 13.2 Å². The quantitative estimate of drug-likeness (QED) is 0.812. The van der Waals surface area contributed by atoms with Crippen LogP contribution in [0.1, 0.15) is 13.8 Å². The predicted molar refractivity (Wildman–Crippen MR) is 66.6 cm³/mol. The summed E-state index contributed by atoms with van der Waals surface area (Å²) in [5.41, 5.74) is 0. The van der Waals surface area contributed by atoms with E-state index in [0.29, 0.717) is 25.0 Å². The molecule has 108 valence electrons. The van der Waals surface area contributed by atoms with Gasteiger partial charge in [0.15, 0.2) is 0 Å². The first-order valence-electron chi connectivity index (χ1n) is 6.51. The molecule has 1 fully saturated rings. The fourth-order valence-corrected chi connectivity index (χ4v) is 2.50. The molecule has 1 rings (SSSR count). The van der Waals surface area contributed by atoms with E-state index in [0.717, 1.165) is 19.6 Å². The van der Waals surface area contributed by atoms with Crippen molar-refractivity contribution >= 4 is 0 Å². The zero-order valence-electron chi connectivity index (χ0n) is 11.4. The van der Waals surface area contributed by atoms with E-state index in [9.17, 15) is 13.2 Å². The van der Waals surface area contributed by atoms with Crippen LogP contribution in [0.5, 0.6) is 0 Å². The van der Waals surface area contributed by atoms with Crippen LogP contribution in [0, 0.1) is 5.92 Å².